The topological polar surface area (TPSA) is 118 Å². The van der Waals surface area contributed by atoms with Crippen molar-refractivity contribution in [2.24, 2.45) is 0 Å². The Hall–Kier alpha value is -3.13. The number of ether oxygens (including phenoxy) is 1. The van der Waals surface area contributed by atoms with Crippen molar-refractivity contribution < 1.29 is 24.5 Å². The minimum absolute atomic E-state index is 0.0763. The van der Waals surface area contributed by atoms with E-state index in [-0.39, 0.29) is 13.2 Å². The Morgan fingerprint density at radius 2 is 1.93 bits per heavy atom. The third-order valence-corrected chi connectivity index (χ3v) is 5.00. The lowest BCUT2D eigenvalue weighted by atomic mass is 10.0. The third-order valence-electron chi connectivity index (χ3n) is 5.00. The second-order valence-electron chi connectivity index (χ2n) is 7.32. The number of rotatable bonds is 6. The standard InChI is InChI=1S/C21H24N2O6/c1-12(2)14-5-3-13(4-6-14)10-23-16-7-8-29-11-15(16)19(26)18(21(23)28)20(27)22-9-17(24)25/h3-6,12,26H,7-11H2,1-2H3,(H,22,27)(H,24,25). The van der Waals surface area contributed by atoms with E-state index >= 15 is 0 Å². The van der Waals surface area contributed by atoms with Gasteiger partial charge in [-0.25, -0.2) is 0 Å². The van der Waals surface area contributed by atoms with Gasteiger partial charge in [-0.2, -0.15) is 0 Å². The third kappa shape index (κ3) is 4.32. The van der Waals surface area contributed by atoms with Gasteiger partial charge in [-0.15, -0.1) is 0 Å². The van der Waals surface area contributed by atoms with E-state index in [0.717, 1.165) is 5.56 Å². The fourth-order valence-electron chi connectivity index (χ4n) is 3.40. The Bertz CT molecular complexity index is 992. The predicted molar refractivity (Wildman–Crippen MR) is 105 cm³/mol. The van der Waals surface area contributed by atoms with Gasteiger partial charge in [0.15, 0.2) is 0 Å². The number of nitrogens with zero attached hydrogens (tertiary/aromatic N) is 1. The molecule has 0 fully saturated rings. The number of carbonyl (C=O) groups excluding carboxylic acids is 1. The normalized spacial score (nSPS) is 13.2. The number of carboxylic acid groups (broad SMARTS) is 1. The summed E-state index contributed by atoms with van der Waals surface area (Å²) in [6.07, 6.45) is 0.430. The number of aliphatic carboxylic acids is 1. The van der Waals surface area contributed by atoms with Crippen LogP contribution in [0.3, 0.4) is 0 Å². The number of hydrogen-bond donors (Lipinski definition) is 3. The number of nitrogens with one attached hydrogen (secondary N) is 1. The molecule has 0 saturated heterocycles. The summed E-state index contributed by atoms with van der Waals surface area (Å²) >= 11 is 0. The monoisotopic (exact) mass is 400 g/mol. The number of aromatic hydroxyl groups is 1. The lowest BCUT2D eigenvalue weighted by molar-refractivity contribution is -0.135. The lowest BCUT2D eigenvalue weighted by Gasteiger charge is -2.24. The number of aromatic nitrogens is 1. The van der Waals surface area contributed by atoms with Crippen molar-refractivity contribution >= 4 is 11.9 Å². The van der Waals surface area contributed by atoms with Crippen LogP contribution in [0.15, 0.2) is 29.1 Å². The number of fused-ring (bicyclic) bond motifs is 1. The second kappa shape index (κ2) is 8.48. The average molecular weight is 400 g/mol. The molecule has 1 amide bonds. The molecule has 0 radical (unpaired) electrons. The Morgan fingerprint density at radius 3 is 2.55 bits per heavy atom. The van der Waals surface area contributed by atoms with Gasteiger partial charge in [-0.05, 0) is 17.0 Å². The number of pyridine rings is 1. The van der Waals surface area contributed by atoms with Gasteiger partial charge in [0, 0.05) is 17.7 Å². The van der Waals surface area contributed by atoms with E-state index in [1.165, 1.54) is 10.1 Å². The van der Waals surface area contributed by atoms with Gasteiger partial charge >= 0.3 is 5.97 Å². The van der Waals surface area contributed by atoms with Crippen molar-refractivity contribution in [1.29, 1.82) is 0 Å². The van der Waals surface area contributed by atoms with Crippen LogP contribution in [0, 0.1) is 0 Å². The molecule has 0 bridgehead atoms. The van der Waals surface area contributed by atoms with Gasteiger partial charge < -0.3 is 24.8 Å². The van der Waals surface area contributed by atoms with Crippen molar-refractivity contribution in [3.05, 3.63) is 62.6 Å². The molecule has 1 aromatic carbocycles. The molecule has 29 heavy (non-hydrogen) atoms. The molecule has 3 rings (SSSR count). The Balaban J connectivity index is 2.05. The van der Waals surface area contributed by atoms with E-state index in [0.29, 0.717) is 30.2 Å². The van der Waals surface area contributed by atoms with E-state index in [4.69, 9.17) is 9.84 Å². The minimum Gasteiger partial charge on any atom is -0.506 e. The van der Waals surface area contributed by atoms with Crippen molar-refractivity contribution in [3.63, 3.8) is 0 Å². The first-order valence-electron chi connectivity index (χ1n) is 9.43. The first-order chi connectivity index (χ1) is 13.8. The molecule has 0 atom stereocenters. The van der Waals surface area contributed by atoms with Gasteiger partial charge in [0.2, 0.25) is 0 Å². The Labute approximate surface area is 167 Å². The number of carbonyl (C=O) groups is 2. The second-order valence-corrected chi connectivity index (χ2v) is 7.32. The molecule has 2 aromatic rings. The zero-order valence-electron chi connectivity index (χ0n) is 16.4. The number of hydrogen-bond acceptors (Lipinski definition) is 5. The maximum atomic E-state index is 13.1. The smallest absolute Gasteiger partial charge is 0.322 e. The summed E-state index contributed by atoms with van der Waals surface area (Å²) in [6, 6.07) is 7.87. The quantitative estimate of drug-likeness (QED) is 0.678. The molecule has 1 aromatic heterocycles. The van der Waals surface area contributed by atoms with Gasteiger partial charge in [0.25, 0.3) is 11.5 Å². The van der Waals surface area contributed by atoms with Crippen LogP contribution in [-0.2, 0) is 29.1 Å². The Kier molecular flexibility index (Phi) is 6.03. The van der Waals surface area contributed by atoms with Gasteiger partial charge in [0.1, 0.15) is 17.9 Å². The summed E-state index contributed by atoms with van der Waals surface area (Å²) < 4.78 is 6.87. The first-order valence-corrected chi connectivity index (χ1v) is 9.43. The SMILES string of the molecule is CC(C)c1ccc(Cn2c3c(c(O)c(C(=O)NCC(=O)O)c2=O)COCC3)cc1. The molecule has 0 spiro atoms. The highest BCUT2D eigenvalue weighted by molar-refractivity contribution is 5.98. The van der Waals surface area contributed by atoms with Crippen LogP contribution in [-0.4, -0.2) is 39.8 Å². The molecular formula is C21H24N2O6. The van der Waals surface area contributed by atoms with E-state index in [9.17, 15) is 19.5 Å². The van der Waals surface area contributed by atoms with E-state index in [1.54, 1.807) is 0 Å². The molecule has 3 N–H and O–H groups in total. The highest BCUT2D eigenvalue weighted by Gasteiger charge is 2.27. The minimum atomic E-state index is -1.25. The first kappa shape index (κ1) is 20.6. The largest absolute Gasteiger partial charge is 0.506 e. The van der Waals surface area contributed by atoms with Crippen molar-refractivity contribution in [3.8, 4) is 5.75 Å². The lowest BCUT2D eigenvalue weighted by Crippen LogP contribution is -2.38. The van der Waals surface area contributed by atoms with Crippen molar-refractivity contribution in [2.45, 2.75) is 39.3 Å². The van der Waals surface area contributed by atoms with E-state index in [2.05, 4.69) is 19.2 Å². The summed E-state index contributed by atoms with van der Waals surface area (Å²) in [7, 11) is 0. The summed E-state index contributed by atoms with van der Waals surface area (Å²) in [5.41, 5.74) is 1.95. The number of carboxylic acids is 1. The zero-order chi connectivity index (χ0) is 21.1. The molecular weight excluding hydrogens is 376 g/mol. The van der Waals surface area contributed by atoms with Crippen molar-refractivity contribution in [1.82, 2.24) is 9.88 Å². The molecule has 2 heterocycles. The molecule has 8 heteroatoms. The van der Waals surface area contributed by atoms with Crippen molar-refractivity contribution in [2.75, 3.05) is 13.2 Å². The predicted octanol–water partition coefficient (Wildman–Crippen LogP) is 1.61. The van der Waals surface area contributed by atoms with E-state index < -0.39 is 35.3 Å². The maximum Gasteiger partial charge on any atom is 0.322 e. The summed E-state index contributed by atoms with van der Waals surface area (Å²) in [5, 5.41) is 21.5. The Morgan fingerprint density at radius 1 is 1.24 bits per heavy atom. The maximum absolute atomic E-state index is 13.1. The van der Waals surface area contributed by atoms with Crippen LogP contribution in [0.5, 0.6) is 5.75 Å². The molecule has 1 aliphatic heterocycles. The van der Waals surface area contributed by atoms with Crippen LogP contribution in [0.1, 0.15) is 52.5 Å². The van der Waals surface area contributed by atoms with Crippen LogP contribution in [0.25, 0.3) is 0 Å². The fourth-order valence-corrected chi connectivity index (χ4v) is 3.40. The highest BCUT2D eigenvalue weighted by Crippen LogP contribution is 2.28. The van der Waals surface area contributed by atoms with Gasteiger partial charge in [-0.3, -0.25) is 14.4 Å². The molecule has 0 aliphatic carbocycles. The zero-order valence-corrected chi connectivity index (χ0v) is 16.4. The van der Waals surface area contributed by atoms with Gasteiger partial charge in [0.05, 0.1) is 19.8 Å². The number of benzene rings is 1. The fraction of sp³-hybridized carbons (Fsp3) is 0.381. The van der Waals surface area contributed by atoms with E-state index in [1.807, 2.05) is 24.3 Å². The van der Waals surface area contributed by atoms with Gasteiger partial charge in [-0.1, -0.05) is 38.1 Å². The van der Waals surface area contributed by atoms with Crippen LogP contribution >= 0.6 is 0 Å². The molecule has 0 saturated carbocycles. The van der Waals surface area contributed by atoms with Crippen LogP contribution in [0.2, 0.25) is 0 Å². The highest BCUT2D eigenvalue weighted by atomic mass is 16.5. The summed E-state index contributed by atoms with van der Waals surface area (Å²) in [4.78, 5) is 36.2. The molecule has 154 valence electrons. The molecule has 0 unspecified atom stereocenters. The van der Waals surface area contributed by atoms with Crippen LogP contribution < -0.4 is 10.9 Å². The summed E-state index contributed by atoms with van der Waals surface area (Å²) in [6.45, 7) is 4.26. The average Bonchev–Trinajstić information content (AvgIpc) is 2.70. The molecule has 8 nitrogen and oxygen atoms in total. The summed E-state index contributed by atoms with van der Waals surface area (Å²) in [5.74, 6) is -2.23. The molecule has 1 aliphatic rings. The van der Waals surface area contributed by atoms with Crippen LogP contribution in [0.4, 0.5) is 0 Å². The number of amides is 1.